The molecule has 0 bridgehead atoms. The van der Waals surface area contributed by atoms with Gasteiger partial charge in [-0.2, -0.15) is 0 Å². The number of carbonyl (C=O) groups is 1. The van der Waals surface area contributed by atoms with Crippen molar-refractivity contribution in [2.45, 2.75) is 13.3 Å². The summed E-state index contributed by atoms with van der Waals surface area (Å²) in [6.07, 6.45) is 4.23. The second-order valence-electron chi connectivity index (χ2n) is 3.92. The minimum atomic E-state index is -0.119. The monoisotopic (exact) mass is 391 g/mol. The van der Waals surface area contributed by atoms with Crippen molar-refractivity contribution in [3.8, 4) is 0 Å². The molecule has 0 saturated carbocycles. The lowest BCUT2D eigenvalue weighted by molar-refractivity contribution is 0.0954. The van der Waals surface area contributed by atoms with E-state index in [1.165, 1.54) is 0 Å². The maximum Gasteiger partial charge on any atom is 0.252 e. The van der Waals surface area contributed by atoms with Gasteiger partial charge in [0.2, 0.25) is 0 Å². The van der Waals surface area contributed by atoms with Crippen LogP contribution in [0.3, 0.4) is 0 Å². The summed E-state index contributed by atoms with van der Waals surface area (Å²) in [7, 11) is 1.72. The first-order valence-corrected chi connectivity index (χ1v) is 6.40. The molecule has 0 unspecified atom stereocenters. The standard InChI is InChI=1S/C13H21N5O.HI/c1-3-6-17-13(14-2)18-9-8-16-12(19)11-5-4-7-15-10-11;/h4-5,7,10H,3,6,8-9H2,1-2H3,(H,16,19)(H2,14,17,18);1H. The van der Waals surface area contributed by atoms with Gasteiger partial charge in [-0.1, -0.05) is 6.92 Å². The number of hydrogen-bond donors (Lipinski definition) is 3. The summed E-state index contributed by atoms with van der Waals surface area (Å²) in [6, 6.07) is 3.47. The smallest absolute Gasteiger partial charge is 0.252 e. The van der Waals surface area contributed by atoms with Gasteiger partial charge in [0.1, 0.15) is 0 Å². The summed E-state index contributed by atoms with van der Waals surface area (Å²) >= 11 is 0. The average molecular weight is 391 g/mol. The van der Waals surface area contributed by atoms with Gasteiger partial charge < -0.3 is 16.0 Å². The van der Waals surface area contributed by atoms with E-state index in [-0.39, 0.29) is 29.9 Å². The van der Waals surface area contributed by atoms with E-state index in [0.717, 1.165) is 18.9 Å². The Labute approximate surface area is 136 Å². The summed E-state index contributed by atoms with van der Waals surface area (Å²) in [6.45, 7) is 4.12. The molecule has 0 fully saturated rings. The van der Waals surface area contributed by atoms with Crippen LogP contribution in [-0.4, -0.2) is 43.5 Å². The van der Waals surface area contributed by atoms with Gasteiger partial charge in [0.25, 0.3) is 5.91 Å². The molecule has 0 saturated heterocycles. The van der Waals surface area contributed by atoms with Crippen molar-refractivity contribution in [1.29, 1.82) is 0 Å². The van der Waals surface area contributed by atoms with E-state index in [1.807, 2.05) is 0 Å². The van der Waals surface area contributed by atoms with Crippen molar-refractivity contribution in [3.05, 3.63) is 30.1 Å². The van der Waals surface area contributed by atoms with Crippen molar-refractivity contribution in [3.63, 3.8) is 0 Å². The molecule has 1 aromatic rings. The van der Waals surface area contributed by atoms with E-state index in [2.05, 4.69) is 32.9 Å². The number of guanidine groups is 1. The molecule has 1 heterocycles. The molecule has 1 aromatic heterocycles. The minimum Gasteiger partial charge on any atom is -0.356 e. The minimum absolute atomic E-state index is 0. The number of aromatic nitrogens is 1. The van der Waals surface area contributed by atoms with Crippen LogP contribution in [0.4, 0.5) is 0 Å². The maximum absolute atomic E-state index is 11.7. The van der Waals surface area contributed by atoms with Gasteiger partial charge in [-0.05, 0) is 18.6 Å². The summed E-state index contributed by atoms with van der Waals surface area (Å²) in [5.41, 5.74) is 0.566. The zero-order valence-corrected chi connectivity index (χ0v) is 14.2. The number of rotatable bonds is 6. The molecule has 0 spiro atoms. The van der Waals surface area contributed by atoms with Crippen molar-refractivity contribution in [2.75, 3.05) is 26.7 Å². The highest BCUT2D eigenvalue weighted by Crippen LogP contribution is 1.93. The number of nitrogens with one attached hydrogen (secondary N) is 3. The summed E-state index contributed by atoms with van der Waals surface area (Å²) in [5.74, 6) is 0.629. The Balaban J connectivity index is 0.00000361. The third-order valence-electron chi connectivity index (χ3n) is 2.39. The average Bonchev–Trinajstić information content (AvgIpc) is 2.47. The van der Waals surface area contributed by atoms with Crippen LogP contribution in [0.15, 0.2) is 29.5 Å². The largest absolute Gasteiger partial charge is 0.356 e. The molecule has 3 N–H and O–H groups in total. The molecule has 0 aliphatic heterocycles. The number of amides is 1. The summed E-state index contributed by atoms with van der Waals surface area (Å²) in [4.78, 5) is 19.7. The number of carbonyl (C=O) groups excluding carboxylic acids is 1. The molecular weight excluding hydrogens is 369 g/mol. The van der Waals surface area contributed by atoms with Crippen molar-refractivity contribution >= 4 is 35.8 Å². The molecule has 1 rings (SSSR count). The molecular formula is C13H22IN5O. The second kappa shape index (κ2) is 11.4. The second-order valence-corrected chi connectivity index (χ2v) is 3.92. The van der Waals surface area contributed by atoms with Crippen LogP contribution in [0.25, 0.3) is 0 Å². The molecule has 7 heteroatoms. The van der Waals surface area contributed by atoms with Crippen LogP contribution in [0.5, 0.6) is 0 Å². The lowest BCUT2D eigenvalue weighted by atomic mass is 10.3. The first-order chi connectivity index (χ1) is 9.27. The lowest BCUT2D eigenvalue weighted by Crippen LogP contribution is -2.41. The van der Waals surface area contributed by atoms with Crippen LogP contribution in [0.2, 0.25) is 0 Å². The van der Waals surface area contributed by atoms with Crippen molar-refractivity contribution < 1.29 is 4.79 Å². The Morgan fingerprint density at radius 1 is 1.25 bits per heavy atom. The summed E-state index contributed by atoms with van der Waals surface area (Å²) < 4.78 is 0. The Morgan fingerprint density at radius 2 is 1.95 bits per heavy atom. The molecule has 0 aliphatic rings. The number of nitrogens with zero attached hydrogens (tertiary/aromatic N) is 2. The third-order valence-corrected chi connectivity index (χ3v) is 2.39. The fourth-order valence-corrected chi connectivity index (χ4v) is 1.42. The molecule has 6 nitrogen and oxygen atoms in total. The van der Waals surface area contributed by atoms with Crippen LogP contribution >= 0.6 is 24.0 Å². The molecule has 20 heavy (non-hydrogen) atoms. The van der Waals surface area contributed by atoms with Gasteiger partial charge in [0, 0.05) is 39.1 Å². The predicted molar refractivity (Wildman–Crippen MR) is 91.6 cm³/mol. The van der Waals surface area contributed by atoms with E-state index in [9.17, 15) is 4.79 Å². The predicted octanol–water partition coefficient (Wildman–Crippen LogP) is 1.00. The number of aliphatic imine (C=N–C) groups is 1. The molecule has 112 valence electrons. The van der Waals surface area contributed by atoms with Crippen LogP contribution in [-0.2, 0) is 0 Å². The summed E-state index contributed by atoms with van der Waals surface area (Å²) in [5, 5.41) is 9.08. The maximum atomic E-state index is 11.7. The Bertz CT molecular complexity index is 410. The van der Waals surface area contributed by atoms with Gasteiger partial charge in [-0.15, -0.1) is 24.0 Å². The molecule has 0 aromatic carbocycles. The van der Waals surface area contributed by atoms with Gasteiger partial charge in [-0.25, -0.2) is 0 Å². The third kappa shape index (κ3) is 7.27. The van der Waals surface area contributed by atoms with E-state index < -0.39 is 0 Å². The first kappa shape index (κ1) is 18.6. The molecule has 0 atom stereocenters. The lowest BCUT2D eigenvalue weighted by Gasteiger charge is -2.11. The number of hydrogen-bond acceptors (Lipinski definition) is 3. The van der Waals surface area contributed by atoms with E-state index in [0.29, 0.717) is 18.7 Å². The number of pyridine rings is 1. The topological polar surface area (TPSA) is 78.4 Å². The van der Waals surface area contributed by atoms with Crippen molar-refractivity contribution in [2.24, 2.45) is 4.99 Å². The van der Waals surface area contributed by atoms with Gasteiger partial charge >= 0.3 is 0 Å². The Hall–Kier alpha value is -1.38. The fourth-order valence-electron chi connectivity index (χ4n) is 1.42. The number of halogens is 1. The zero-order chi connectivity index (χ0) is 13.9. The van der Waals surface area contributed by atoms with Gasteiger partial charge in [0.05, 0.1) is 5.56 Å². The zero-order valence-electron chi connectivity index (χ0n) is 11.8. The molecule has 1 amide bonds. The SMILES string of the molecule is CCCNC(=NC)NCCNC(=O)c1cccnc1.I. The van der Waals surface area contributed by atoms with Crippen molar-refractivity contribution in [1.82, 2.24) is 20.9 Å². The quantitative estimate of drug-likeness (QED) is 0.293. The van der Waals surface area contributed by atoms with E-state index >= 15 is 0 Å². The Morgan fingerprint density at radius 3 is 2.55 bits per heavy atom. The Kier molecular flexibility index (Phi) is 10.7. The highest BCUT2D eigenvalue weighted by molar-refractivity contribution is 14.0. The molecule has 0 aliphatic carbocycles. The first-order valence-electron chi connectivity index (χ1n) is 6.40. The highest BCUT2D eigenvalue weighted by atomic mass is 127. The normalized spacial score (nSPS) is 10.4. The molecule has 0 radical (unpaired) electrons. The van der Waals surface area contributed by atoms with Crippen LogP contribution in [0.1, 0.15) is 23.7 Å². The highest BCUT2D eigenvalue weighted by Gasteiger charge is 2.03. The van der Waals surface area contributed by atoms with Gasteiger partial charge in [-0.3, -0.25) is 14.8 Å². The fraction of sp³-hybridized carbons (Fsp3) is 0.462. The van der Waals surface area contributed by atoms with E-state index in [4.69, 9.17) is 0 Å². The van der Waals surface area contributed by atoms with Crippen LogP contribution in [0, 0.1) is 0 Å². The van der Waals surface area contributed by atoms with E-state index in [1.54, 1.807) is 31.6 Å². The van der Waals surface area contributed by atoms with Crippen LogP contribution < -0.4 is 16.0 Å². The van der Waals surface area contributed by atoms with Gasteiger partial charge in [0.15, 0.2) is 5.96 Å².